The first-order valence-corrected chi connectivity index (χ1v) is 6.21. The van der Waals surface area contributed by atoms with Gasteiger partial charge in [-0.3, -0.25) is 4.98 Å². The lowest BCUT2D eigenvalue weighted by Crippen LogP contribution is -1.93. The summed E-state index contributed by atoms with van der Waals surface area (Å²) < 4.78 is 0. The van der Waals surface area contributed by atoms with Gasteiger partial charge < -0.3 is 0 Å². The molecule has 1 aromatic heterocycles. The smallest absolute Gasteiger partial charge is 0.0525 e. The summed E-state index contributed by atoms with van der Waals surface area (Å²) in [7, 11) is 0. The number of nitrogens with zero attached hydrogens (tertiary/aromatic N) is 1. The van der Waals surface area contributed by atoms with Gasteiger partial charge in [0.25, 0.3) is 0 Å². The Morgan fingerprint density at radius 2 is 1.63 bits per heavy atom. The van der Waals surface area contributed by atoms with Crippen molar-refractivity contribution in [1.29, 1.82) is 0 Å². The molecule has 3 aromatic rings. The van der Waals surface area contributed by atoms with Gasteiger partial charge in [-0.15, -0.1) is 12.4 Å². The molecule has 2 aromatic carbocycles. The average molecular weight is 270 g/mol. The first-order valence-electron chi connectivity index (χ1n) is 6.21. The molecule has 0 N–H and O–H groups in total. The first-order chi connectivity index (χ1) is 8.83. The Labute approximate surface area is 119 Å². The van der Waals surface area contributed by atoms with Crippen LogP contribution in [0.4, 0.5) is 0 Å². The summed E-state index contributed by atoms with van der Waals surface area (Å²) in [6.07, 6.45) is 2.79. The largest absolute Gasteiger partial charge is 0.260 e. The van der Waals surface area contributed by atoms with E-state index in [2.05, 4.69) is 66.5 Å². The lowest BCUT2D eigenvalue weighted by Gasteiger charge is -2.06. The topological polar surface area (TPSA) is 12.9 Å². The van der Waals surface area contributed by atoms with Crippen molar-refractivity contribution in [1.82, 2.24) is 4.98 Å². The standard InChI is InChI=1S/C17H15N.ClH/c1-13-6-8-14(9-7-13)12-17-16-5-3-2-4-15(16)10-11-18-17;/h2-11H,12H2,1H3;1H. The highest BCUT2D eigenvalue weighted by molar-refractivity contribution is 5.85. The Morgan fingerprint density at radius 1 is 0.895 bits per heavy atom. The number of pyridine rings is 1. The van der Waals surface area contributed by atoms with Gasteiger partial charge in [0, 0.05) is 18.0 Å². The Bertz CT molecular complexity index is 669. The number of benzene rings is 2. The maximum absolute atomic E-state index is 4.52. The zero-order chi connectivity index (χ0) is 12.4. The molecule has 0 aliphatic heterocycles. The zero-order valence-electron chi connectivity index (χ0n) is 10.8. The molecule has 0 bridgehead atoms. The summed E-state index contributed by atoms with van der Waals surface area (Å²) >= 11 is 0. The summed E-state index contributed by atoms with van der Waals surface area (Å²) in [5, 5.41) is 2.51. The van der Waals surface area contributed by atoms with E-state index in [9.17, 15) is 0 Å². The van der Waals surface area contributed by atoms with Gasteiger partial charge in [-0.2, -0.15) is 0 Å². The van der Waals surface area contributed by atoms with Crippen molar-refractivity contribution < 1.29 is 0 Å². The van der Waals surface area contributed by atoms with Crippen molar-refractivity contribution >= 4 is 23.2 Å². The van der Waals surface area contributed by atoms with Crippen LogP contribution in [0.3, 0.4) is 0 Å². The number of aromatic nitrogens is 1. The minimum atomic E-state index is 0. The van der Waals surface area contributed by atoms with E-state index in [1.807, 2.05) is 6.20 Å². The number of rotatable bonds is 2. The number of hydrogen-bond acceptors (Lipinski definition) is 1. The molecule has 0 fully saturated rings. The Hall–Kier alpha value is -1.86. The van der Waals surface area contributed by atoms with E-state index in [-0.39, 0.29) is 12.4 Å². The number of halogens is 1. The zero-order valence-corrected chi connectivity index (χ0v) is 11.7. The number of hydrogen-bond donors (Lipinski definition) is 0. The third-order valence-electron chi connectivity index (χ3n) is 3.25. The molecular formula is C17H16ClN. The molecule has 0 radical (unpaired) electrons. The maximum atomic E-state index is 4.52. The molecule has 0 unspecified atom stereocenters. The fraction of sp³-hybridized carbons (Fsp3) is 0.118. The summed E-state index contributed by atoms with van der Waals surface area (Å²) in [5.41, 5.74) is 3.76. The molecule has 0 spiro atoms. The van der Waals surface area contributed by atoms with Crippen molar-refractivity contribution in [2.24, 2.45) is 0 Å². The van der Waals surface area contributed by atoms with E-state index in [1.54, 1.807) is 0 Å². The van der Waals surface area contributed by atoms with Gasteiger partial charge >= 0.3 is 0 Å². The normalized spacial score (nSPS) is 10.2. The first kappa shape index (κ1) is 13.6. The lowest BCUT2D eigenvalue weighted by molar-refractivity contribution is 1.10. The van der Waals surface area contributed by atoms with Crippen molar-refractivity contribution in [3.8, 4) is 0 Å². The van der Waals surface area contributed by atoms with E-state index in [1.165, 1.54) is 21.9 Å². The average Bonchev–Trinajstić information content (AvgIpc) is 2.42. The predicted octanol–water partition coefficient (Wildman–Crippen LogP) is 4.56. The predicted molar refractivity (Wildman–Crippen MR) is 83.0 cm³/mol. The van der Waals surface area contributed by atoms with Crippen molar-refractivity contribution in [2.75, 3.05) is 0 Å². The fourth-order valence-electron chi connectivity index (χ4n) is 2.22. The van der Waals surface area contributed by atoms with Crippen molar-refractivity contribution in [2.45, 2.75) is 13.3 Å². The van der Waals surface area contributed by atoms with Gasteiger partial charge in [0.15, 0.2) is 0 Å². The molecule has 0 saturated heterocycles. The molecule has 1 nitrogen and oxygen atoms in total. The molecule has 2 heteroatoms. The fourth-order valence-corrected chi connectivity index (χ4v) is 2.22. The maximum Gasteiger partial charge on any atom is 0.0525 e. The van der Waals surface area contributed by atoms with Crippen LogP contribution >= 0.6 is 12.4 Å². The number of aryl methyl sites for hydroxylation is 1. The van der Waals surface area contributed by atoms with Crippen LogP contribution in [0, 0.1) is 6.92 Å². The SMILES string of the molecule is Cc1ccc(Cc2nccc3ccccc23)cc1.Cl. The Morgan fingerprint density at radius 3 is 2.42 bits per heavy atom. The minimum absolute atomic E-state index is 0. The number of fused-ring (bicyclic) bond motifs is 1. The summed E-state index contributed by atoms with van der Waals surface area (Å²) in [5.74, 6) is 0. The van der Waals surface area contributed by atoms with Crippen molar-refractivity contribution in [3.63, 3.8) is 0 Å². The molecule has 19 heavy (non-hydrogen) atoms. The highest BCUT2D eigenvalue weighted by Crippen LogP contribution is 2.19. The minimum Gasteiger partial charge on any atom is -0.260 e. The van der Waals surface area contributed by atoms with E-state index < -0.39 is 0 Å². The van der Waals surface area contributed by atoms with E-state index >= 15 is 0 Å². The second-order valence-electron chi connectivity index (χ2n) is 4.64. The second-order valence-corrected chi connectivity index (χ2v) is 4.64. The monoisotopic (exact) mass is 269 g/mol. The van der Waals surface area contributed by atoms with Crippen LogP contribution < -0.4 is 0 Å². The molecular weight excluding hydrogens is 254 g/mol. The third-order valence-corrected chi connectivity index (χ3v) is 3.25. The van der Waals surface area contributed by atoms with Crippen LogP contribution in [-0.2, 0) is 6.42 Å². The molecule has 0 aliphatic carbocycles. The van der Waals surface area contributed by atoms with Gasteiger partial charge in [-0.25, -0.2) is 0 Å². The van der Waals surface area contributed by atoms with Crippen LogP contribution in [0.25, 0.3) is 10.8 Å². The molecule has 0 amide bonds. The van der Waals surface area contributed by atoms with Gasteiger partial charge in [-0.1, -0.05) is 54.1 Å². The molecule has 0 aliphatic rings. The Balaban J connectivity index is 0.00000133. The van der Waals surface area contributed by atoms with Crippen LogP contribution in [-0.4, -0.2) is 4.98 Å². The van der Waals surface area contributed by atoms with Crippen LogP contribution in [0.1, 0.15) is 16.8 Å². The molecule has 96 valence electrons. The summed E-state index contributed by atoms with van der Waals surface area (Å²) in [6.45, 7) is 2.11. The Kier molecular flexibility index (Phi) is 4.18. The quantitative estimate of drug-likeness (QED) is 0.665. The molecule has 0 atom stereocenters. The lowest BCUT2D eigenvalue weighted by atomic mass is 10.0. The summed E-state index contributed by atoms with van der Waals surface area (Å²) in [6, 6.07) is 19.1. The van der Waals surface area contributed by atoms with Gasteiger partial charge in [-0.05, 0) is 23.9 Å². The van der Waals surface area contributed by atoms with E-state index in [4.69, 9.17) is 0 Å². The second kappa shape index (κ2) is 5.85. The van der Waals surface area contributed by atoms with Crippen molar-refractivity contribution in [3.05, 3.63) is 77.6 Å². The molecule has 3 rings (SSSR count). The van der Waals surface area contributed by atoms with Crippen LogP contribution in [0.2, 0.25) is 0 Å². The molecule has 0 saturated carbocycles. The van der Waals surface area contributed by atoms with E-state index in [0.717, 1.165) is 12.1 Å². The van der Waals surface area contributed by atoms with Gasteiger partial charge in [0.1, 0.15) is 0 Å². The van der Waals surface area contributed by atoms with Crippen LogP contribution in [0.15, 0.2) is 60.8 Å². The van der Waals surface area contributed by atoms with Gasteiger partial charge in [0.05, 0.1) is 5.69 Å². The molecule has 1 heterocycles. The van der Waals surface area contributed by atoms with Gasteiger partial charge in [0.2, 0.25) is 0 Å². The highest BCUT2D eigenvalue weighted by Gasteiger charge is 2.02. The highest BCUT2D eigenvalue weighted by atomic mass is 35.5. The van der Waals surface area contributed by atoms with E-state index in [0.29, 0.717) is 0 Å². The van der Waals surface area contributed by atoms with Crippen LogP contribution in [0.5, 0.6) is 0 Å². The summed E-state index contributed by atoms with van der Waals surface area (Å²) in [4.78, 5) is 4.52. The third kappa shape index (κ3) is 2.94.